The van der Waals surface area contributed by atoms with Gasteiger partial charge in [-0.3, -0.25) is 4.79 Å². The summed E-state index contributed by atoms with van der Waals surface area (Å²) in [6.45, 7) is 7.47. The minimum Gasteiger partial charge on any atom is -0.465 e. The van der Waals surface area contributed by atoms with Gasteiger partial charge in [0, 0.05) is 0 Å². The molecule has 0 amide bonds. The number of hydrogen-bond acceptors (Lipinski definition) is 3. The fourth-order valence-corrected chi connectivity index (χ4v) is 2.07. The molecule has 1 aliphatic carbocycles. The molecule has 0 aromatic heterocycles. The van der Waals surface area contributed by atoms with Gasteiger partial charge in [-0.05, 0) is 45.1 Å². The highest BCUT2D eigenvalue weighted by molar-refractivity contribution is 5.80. The molecule has 1 fully saturated rings. The van der Waals surface area contributed by atoms with Crippen LogP contribution < -0.4 is 5.32 Å². The van der Waals surface area contributed by atoms with E-state index in [-0.39, 0.29) is 5.97 Å². The summed E-state index contributed by atoms with van der Waals surface area (Å²) in [5, 5.41) is 3.46. The zero-order valence-electron chi connectivity index (χ0n) is 10.8. The lowest BCUT2D eigenvalue weighted by molar-refractivity contribution is -0.152. The van der Waals surface area contributed by atoms with Crippen LogP contribution in [0.2, 0.25) is 0 Å². The Kier molecular flexibility index (Phi) is 5.26. The Morgan fingerprint density at radius 3 is 2.50 bits per heavy atom. The first-order valence-electron chi connectivity index (χ1n) is 6.60. The Labute approximate surface area is 98.9 Å². The van der Waals surface area contributed by atoms with Gasteiger partial charge in [0.05, 0.1) is 6.61 Å². The summed E-state index contributed by atoms with van der Waals surface area (Å²) in [4.78, 5) is 12.0. The van der Waals surface area contributed by atoms with Crippen molar-refractivity contribution in [1.29, 1.82) is 0 Å². The van der Waals surface area contributed by atoms with Crippen LogP contribution in [0.4, 0.5) is 0 Å². The first kappa shape index (κ1) is 13.5. The highest BCUT2D eigenvalue weighted by Crippen LogP contribution is 2.29. The van der Waals surface area contributed by atoms with Crippen molar-refractivity contribution in [3.05, 3.63) is 0 Å². The molecule has 16 heavy (non-hydrogen) atoms. The molecule has 3 heteroatoms. The van der Waals surface area contributed by atoms with Crippen LogP contribution in [0.1, 0.15) is 52.9 Å². The van der Waals surface area contributed by atoms with E-state index in [0.29, 0.717) is 6.61 Å². The third-order valence-electron chi connectivity index (χ3n) is 3.37. The van der Waals surface area contributed by atoms with Gasteiger partial charge in [-0.15, -0.1) is 0 Å². The molecule has 0 aromatic rings. The maximum atomic E-state index is 12.0. The summed E-state index contributed by atoms with van der Waals surface area (Å²) in [6, 6.07) is 0. The molecule has 0 aliphatic heterocycles. The van der Waals surface area contributed by atoms with Crippen LogP contribution in [0.3, 0.4) is 0 Å². The van der Waals surface area contributed by atoms with Crippen LogP contribution in [0.25, 0.3) is 0 Å². The van der Waals surface area contributed by atoms with Crippen molar-refractivity contribution < 1.29 is 9.53 Å². The maximum Gasteiger partial charge on any atom is 0.326 e. The molecule has 0 radical (unpaired) electrons. The van der Waals surface area contributed by atoms with E-state index in [2.05, 4.69) is 19.2 Å². The number of ether oxygens (including phenoxy) is 1. The Balaban J connectivity index is 2.58. The second-order valence-electron chi connectivity index (χ2n) is 4.73. The van der Waals surface area contributed by atoms with Crippen LogP contribution in [-0.2, 0) is 9.53 Å². The molecule has 0 bridgehead atoms. The van der Waals surface area contributed by atoms with Crippen molar-refractivity contribution in [3.63, 3.8) is 0 Å². The molecule has 1 rings (SSSR count). The van der Waals surface area contributed by atoms with Crippen molar-refractivity contribution in [2.75, 3.05) is 13.2 Å². The quantitative estimate of drug-likeness (QED) is 0.647. The van der Waals surface area contributed by atoms with Gasteiger partial charge in [-0.1, -0.05) is 20.3 Å². The fourth-order valence-electron chi connectivity index (χ4n) is 2.07. The lowest BCUT2D eigenvalue weighted by atomic mass is 9.90. The minimum atomic E-state index is -0.437. The van der Waals surface area contributed by atoms with Gasteiger partial charge >= 0.3 is 5.97 Å². The van der Waals surface area contributed by atoms with Crippen molar-refractivity contribution in [2.24, 2.45) is 5.92 Å². The topological polar surface area (TPSA) is 38.3 Å². The third kappa shape index (κ3) is 3.48. The standard InChI is InChI=1S/C13H25NO2/c1-4-9-13(5-2,12(15)16-6-3)14-10-11-7-8-11/h11,14H,4-10H2,1-3H3. The third-order valence-corrected chi connectivity index (χ3v) is 3.37. The largest absolute Gasteiger partial charge is 0.465 e. The highest BCUT2D eigenvalue weighted by atomic mass is 16.5. The van der Waals surface area contributed by atoms with Crippen molar-refractivity contribution in [3.8, 4) is 0 Å². The number of nitrogens with one attached hydrogen (secondary N) is 1. The Bertz CT molecular complexity index is 226. The molecule has 0 aromatic carbocycles. The van der Waals surface area contributed by atoms with Gasteiger partial charge in [-0.25, -0.2) is 0 Å². The molecule has 1 saturated carbocycles. The summed E-state index contributed by atoms with van der Waals surface area (Å²) in [7, 11) is 0. The molecule has 94 valence electrons. The number of esters is 1. The summed E-state index contributed by atoms with van der Waals surface area (Å²) < 4.78 is 5.20. The highest BCUT2D eigenvalue weighted by Gasteiger charge is 2.38. The maximum absolute atomic E-state index is 12.0. The molecule has 0 spiro atoms. The average molecular weight is 227 g/mol. The van der Waals surface area contributed by atoms with E-state index >= 15 is 0 Å². The number of carbonyl (C=O) groups excluding carboxylic acids is 1. The molecule has 1 unspecified atom stereocenters. The first-order chi connectivity index (χ1) is 7.68. The molecule has 0 heterocycles. The van der Waals surface area contributed by atoms with Gasteiger partial charge in [-0.2, -0.15) is 0 Å². The molecule has 1 atom stereocenters. The average Bonchev–Trinajstić information content (AvgIpc) is 3.08. The number of carbonyl (C=O) groups is 1. The monoisotopic (exact) mass is 227 g/mol. The Morgan fingerprint density at radius 2 is 2.06 bits per heavy atom. The smallest absolute Gasteiger partial charge is 0.326 e. The second kappa shape index (κ2) is 6.24. The predicted octanol–water partition coefficient (Wildman–Crippen LogP) is 2.50. The predicted molar refractivity (Wildman–Crippen MR) is 65.3 cm³/mol. The van der Waals surface area contributed by atoms with Gasteiger partial charge in [0.1, 0.15) is 5.54 Å². The van der Waals surface area contributed by atoms with E-state index in [4.69, 9.17) is 4.74 Å². The van der Waals surface area contributed by atoms with E-state index < -0.39 is 5.54 Å². The van der Waals surface area contributed by atoms with Gasteiger partial charge in [0.15, 0.2) is 0 Å². The Morgan fingerprint density at radius 1 is 1.38 bits per heavy atom. The van der Waals surface area contributed by atoms with Gasteiger partial charge in [0.2, 0.25) is 0 Å². The van der Waals surface area contributed by atoms with Crippen molar-refractivity contribution in [2.45, 2.75) is 58.4 Å². The van der Waals surface area contributed by atoms with E-state index in [9.17, 15) is 4.79 Å². The van der Waals surface area contributed by atoms with Crippen LogP contribution >= 0.6 is 0 Å². The summed E-state index contributed by atoms with van der Waals surface area (Å²) in [5.41, 5.74) is -0.437. The number of rotatable bonds is 8. The zero-order valence-corrected chi connectivity index (χ0v) is 10.8. The van der Waals surface area contributed by atoms with Crippen LogP contribution in [0, 0.1) is 5.92 Å². The minimum absolute atomic E-state index is 0.0694. The van der Waals surface area contributed by atoms with E-state index in [1.807, 2.05) is 6.92 Å². The lowest BCUT2D eigenvalue weighted by Gasteiger charge is -2.31. The molecular weight excluding hydrogens is 202 g/mol. The van der Waals surface area contributed by atoms with Crippen LogP contribution in [0.15, 0.2) is 0 Å². The first-order valence-corrected chi connectivity index (χ1v) is 6.60. The fraction of sp³-hybridized carbons (Fsp3) is 0.923. The summed E-state index contributed by atoms with van der Waals surface area (Å²) in [5.74, 6) is 0.720. The Hall–Kier alpha value is -0.570. The van der Waals surface area contributed by atoms with E-state index in [1.165, 1.54) is 12.8 Å². The van der Waals surface area contributed by atoms with Gasteiger partial charge < -0.3 is 10.1 Å². The van der Waals surface area contributed by atoms with E-state index in [0.717, 1.165) is 31.7 Å². The van der Waals surface area contributed by atoms with Crippen molar-refractivity contribution >= 4 is 5.97 Å². The lowest BCUT2D eigenvalue weighted by Crippen LogP contribution is -2.53. The normalized spacial score (nSPS) is 19.2. The van der Waals surface area contributed by atoms with Crippen molar-refractivity contribution in [1.82, 2.24) is 5.32 Å². The molecular formula is C13H25NO2. The summed E-state index contributed by atoms with van der Waals surface area (Å²) in [6.07, 6.45) is 5.30. The molecule has 1 N–H and O–H groups in total. The zero-order chi connectivity index (χ0) is 12.0. The van der Waals surface area contributed by atoms with E-state index in [1.54, 1.807) is 0 Å². The number of hydrogen-bond donors (Lipinski definition) is 1. The molecule has 0 saturated heterocycles. The molecule has 1 aliphatic rings. The summed E-state index contributed by atoms with van der Waals surface area (Å²) >= 11 is 0. The van der Waals surface area contributed by atoms with Gasteiger partial charge in [0.25, 0.3) is 0 Å². The van der Waals surface area contributed by atoms with Crippen LogP contribution in [0.5, 0.6) is 0 Å². The van der Waals surface area contributed by atoms with Crippen LogP contribution in [-0.4, -0.2) is 24.7 Å². The second-order valence-corrected chi connectivity index (χ2v) is 4.73. The SMILES string of the molecule is CCCC(CC)(NCC1CC1)C(=O)OCC. The molecule has 3 nitrogen and oxygen atoms in total.